The molecule has 1 atom stereocenters. The van der Waals surface area contributed by atoms with Crippen LogP contribution >= 0.6 is 0 Å². The first-order chi connectivity index (χ1) is 12.6. The van der Waals surface area contributed by atoms with Crippen molar-refractivity contribution < 1.29 is 4.79 Å². The van der Waals surface area contributed by atoms with Crippen LogP contribution in [-0.2, 0) is 10.2 Å². The molecule has 0 unspecified atom stereocenters. The van der Waals surface area contributed by atoms with E-state index in [1.165, 1.54) is 75.7 Å². The second kappa shape index (κ2) is 7.34. The summed E-state index contributed by atoms with van der Waals surface area (Å²) in [4.78, 5) is 16.7. The predicted octanol–water partition coefficient (Wildman–Crippen LogP) is 4.52. The first-order valence-corrected chi connectivity index (χ1v) is 10.6. The molecular weight excluding hydrogens is 320 g/mol. The van der Waals surface area contributed by atoms with E-state index in [4.69, 9.17) is 0 Å². The summed E-state index contributed by atoms with van der Waals surface area (Å²) < 4.78 is 0. The smallest absolute Gasteiger partial charge is 0.219 e. The van der Waals surface area contributed by atoms with Crippen LogP contribution in [-0.4, -0.2) is 42.4 Å². The highest BCUT2D eigenvalue weighted by molar-refractivity contribution is 5.74. The van der Waals surface area contributed by atoms with Gasteiger partial charge in [-0.1, -0.05) is 43.5 Å². The summed E-state index contributed by atoms with van der Waals surface area (Å²) in [6, 6.07) is 9.17. The number of fused-ring (bicyclic) bond motifs is 2. The van der Waals surface area contributed by atoms with Gasteiger partial charge in [0.15, 0.2) is 0 Å². The average Bonchev–Trinajstić information content (AvgIpc) is 2.98. The Morgan fingerprint density at radius 2 is 1.85 bits per heavy atom. The minimum absolute atomic E-state index is 0.177. The van der Waals surface area contributed by atoms with Crippen LogP contribution in [0.15, 0.2) is 24.3 Å². The lowest BCUT2D eigenvalue weighted by atomic mass is 9.73. The van der Waals surface area contributed by atoms with Crippen LogP contribution < -0.4 is 0 Å². The van der Waals surface area contributed by atoms with Crippen LogP contribution in [0.5, 0.6) is 0 Å². The van der Waals surface area contributed by atoms with Crippen molar-refractivity contribution in [2.24, 2.45) is 5.92 Å². The highest BCUT2D eigenvalue weighted by Crippen LogP contribution is 2.52. The Morgan fingerprint density at radius 1 is 1.15 bits per heavy atom. The lowest BCUT2D eigenvalue weighted by Gasteiger charge is -2.42. The van der Waals surface area contributed by atoms with E-state index in [0.29, 0.717) is 0 Å². The zero-order valence-corrected chi connectivity index (χ0v) is 16.5. The van der Waals surface area contributed by atoms with E-state index >= 15 is 0 Å². The fourth-order valence-corrected chi connectivity index (χ4v) is 5.80. The summed E-state index contributed by atoms with van der Waals surface area (Å²) in [6.45, 7) is 5.46. The van der Waals surface area contributed by atoms with Gasteiger partial charge < -0.3 is 9.80 Å². The number of likely N-dealkylation sites (tertiary alicyclic amines) is 1. The molecule has 3 aliphatic rings. The molecule has 26 heavy (non-hydrogen) atoms. The number of nitrogens with zero attached hydrogens (tertiary/aromatic N) is 2. The first-order valence-electron chi connectivity index (χ1n) is 10.6. The second-order valence-corrected chi connectivity index (χ2v) is 9.02. The van der Waals surface area contributed by atoms with E-state index in [2.05, 4.69) is 29.2 Å². The van der Waals surface area contributed by atoms with Crippen molar-refractivity contribution in [2.75, 3.05) is 26.7 Å². The molecule has 0 radical (unpaired) electrons. The van der Waals surface area contributed by atoms with Crippen molar-refractivity contribution in [3.63, 3.8) is 0 Å². The molecule has 3 heteroatoms. The van der Waals surface area contributed by atoms with Gasteiger partial charge in [0, 0.05) is 25.9 Å². The number of carbonyl (C=O) groups is 1. The molecule has 1 aromatic carbocycles. The van der Waals surface area contributed by atoms with Crippen LogP contribution in [0.3, 0.4) is 0 Å². The lowest BCUT2D eigenvalue weighted by molar-refractivity contribution is -0.129. The van der Waals surface area contributed by atoms with Gasteiger partial charge in [-0.25, -0.2) is 0 Å². The topological polar surface area (TPSA) is 23.6 Å². The maximum absolute atomic E-state index is 12.0. The fraction of sp³-hybridized carbons (Fsp3) is 0.696. The maximum Gasteiger partial charge on any atom is 0.219 e. The van der Waals surface area contributed by atoms with Gasteiger partial charge in [-0.2, -0.15) is 0 Å². The number of carbonyl (C=O) groups excluding carboxylic acids is 1. The van der Waals surface area contributed by atoms with E-state index in [1.54, 1.807) is 6.92 Å². The Kier molecular flexibility index (Phi) is 5.09. The van der Waals surface area contributed by atoms with Gasteiger partial charge >= 0.3 is 0 Å². The Labute approximate surface area is 158 Å². The van der Waals surface area contributed by atoms with Crippen molar-refractivity contribution >= 4 is 5.91 Å². The molecule has 1 heterocycles. The maximum atomic E-state index is 12.0. The number of rotatable bonds is 3. The van der Waals surface area contributed by atoms with Crippen molar-refractivity contribution in [1.29, 1.82) is 0 Å². The van der Waals surface area contributed by atoms with Crippen molar-refractivity contribution in [1.82, 2.24) is 9.80 Å². The molecule has 0 bridgehead atoms. The fourth-order valence-electron chi connectivity index (χ4n) is 5.80. The summed E-state index contributed by atoms with van der Waals surface area (Å²) >= 11 is 0. The third kappa shape index (κ3) is 3.31. The quantitative estimate of drug-likeness (QED) is 0.796. The molecule has 2 aliphatic carbocycles. The Balaban J connectivity index is 1.47. The zero-order chi connectivity index (χ0) is 18.1. The van der Waals surface area contributed by atoms with Crippen LogP contribution in [0.4, 0.5) is 0 Å². The summed E-state index contributed by atoms with van der Waals surface area (Å²) in [7, 11) is 1.97. The molecule has 1 spiro atoms. The average molecular weight is 355 g/mol. The normalized spacial score (nSPS) is 26.0. The van der Waals surface area contributed by atoms with Gasteiger partial charge in [0.05, 0.1) is 6.04 Å². The third-order valence-corrected chi connectivity index (χ3v) is 7.49. The highest BCUT2D eigenvalue weighted by Gasteiger charge is 2.46. The van der Waals surface area contributed by atoms with Crippen molar-refractivity contribution in [3.8, 4) is 0 Å². The van der Waals surface area contributed by atoms with Crippen LogP contribution in [0.1, 0.15) is 75.5 Å². The second-order valence-electron chi connectivity index (χ2n) is 9.02. The Bertz CT molecular complexity index is 641. The molecule has 0 N–H and O–H groups in total. The van der Waals surface area contributed by atoms with Crippen molar-refractivity contribution in [3.05, 3.63) is 35.4 Å². The van der Waals surface area contributed by atoms with Gasteiger partial charge in [-0.15, -0.1) is 0 Å². The molecule has 2 fully saturated rings. The molecular formula is C23H34N2O. The van der Waals surface area contributed by atoms with Gasteiger partial charge in [-0.3, -0.25) is 4.79 Å². The van der Waals surface area contributed by atoms with Crippen LogP contribution in [0.25, 0.3) is 0 Å². The Hall–Kier alpha value is -1.35. The van der Waals surface area contributed by atoms with Gasteiger partial charge in [0.1, 0.15) is 0 Å². The summed E-state index contributed by atoms with van der Waals surface area (Å²) in [6.07, 6.45) is 10.8. The molecule has 0 aromatic heterocycles. The van der Waals surface area contributed by atoms with E-state index in [9.17, 15) is 4.79 Å². The highest BCUT2D eigenvalue weighted by atomic mass is 16.2. The predicted molar refractivity (Wildman–Crippen MR) is 106 cm³/mol. The number of hydrogen-bond acceptors (Lipinski definition) is 2. The van der Waals surface area contributed by atoms with E-state index in [0.717, 1.165) is 12.3 Å². The molecule has 1 aromatic rings. The Morgan fingerprint density at radius 3 is 2.54 bits per heavy atom. The lowest BCUT2D eigenvalue weighted by Crippen LogP contribution is -2.44. The third-order valence-electron chi connectivity index (χ3n) is 7.49. The van der Waals surface area contributed by atoms with Gasteiger partial charge in [-0.05, 0) is 62.2 Å². The molecule has 3 nitrogen and oxygen atoms in total. The van der Waals surface area contributed by atoms with Crippen molar-refractivity contribution in [2.45, 2.75) is 69.7 Å². The molecule has 1 saturated heterocycles. The summed E-state index contributed by atoms with van der Waals surface area (Å²) in [5.41, 5.74) is 3.20. The molecule has 1 aliphatic heterocycles. The van der Waals surface area contributed by atoms with E-state index in [1.807, 2.05) is 11.9 Å². The largest absolute Gasteiger partial charge is 0.339 e. The summed E-state index contributed by atoms with van der Waals surface area (Å²) in [5.74, 6) is 1.11. The number of amides is 1. The number of benzene rings is 1. The first kappa shape index (κ1) is 18.0. The molecule has 1 amide bonds. The standard InChI is InChI=1S/C23H34N2O/c1-18(26)24(2)22-16-23(21-11-7-6-10-20(21)22)12-14-25(15-13-23)17-19-8-4-3-5-9-19/h6-7,10-11,19,22H,3-5,8-9,12-17H2,1-2H3/t22-/m0/s1. The molecule has 4 rings (SSSR count). The minimum Gasteiger partial charge on any atom is -0.339 e. The molecule has 1 saturated carbocycles. The van der Waals surface area contributed by atoms with E-state index in [-0.39, 0.29) is 17.4 Å². The number of piperidine rings is 1. The van der Waals surface area contributed by atoms with Gasteiger partial charge in [0.25, 0.3) is 0 Å². The minimum atomic E-state index is 0.177. The van der Waals surface area contributed by atoms with Crippen LogP contribution in [0, 0.1) is 5.92 Å². The SMILES string of the molecule is CC(=O)N(C)[C@H]1CC2(CCN(CC3CCCCC3)CC2)c2ccccc21. The number of hydrogen-bond donors (Lipinski definition) is 0. The monoisotopic (exact) mass is 354 g/mol. The van der Waals surface area contributed by atoms with E-state index < -0.39 is 0 Å². The zero-order valence-electron chi connectivity index (χ0n) is 16.5. The molecule has 142 valence electrons. The van der Waals surface area contributed by atoms with Gasteiger partial charge in [0.2, 0.25) is 5.91 Å². The summed E-state index contributed by atoms with van der Waals surface area (Å²) in [5, 5.41) is 0. The van der Waals surface area contributed by atoms with Crippen LogP contribution in [0.2, 0.25) is 0 Å².